The maximum atomic E-state index is 14.1. The molecule has 2 aromatic heterocycles. The number of hydrogen-bond acceptors (Lipinski definition) is 6. The molecule has 0 saturated heterocycles. The van der Waals surface area contributed by atoms with Crippen LogP contribution in [0.15, 0.2) is 42.7 Å². The molecule has 9 nitrogen and oxygen atoms in total. The summed E-state index contributed by atoms with van der Waals surface area (Å²) in [5, 5.41) is 9.19. The van der Waals surface area contributed by atoms with E-state index in [1.807, 2.05) is 6.07 Å². The van der Waals surface area contributed by atoms with E-state index in [9.17, 15) is 35.9 Å². The van der Waals surface area contributed by atoms with Crippen LogP contribution in [0.1, 0.15) is 81.3 Å². The molecule has 0 bridgehead atoms. The van der Waals surface area contributed by atoms with Gasteiger partial charge in [0, 0.05) is 32.6 Å². The van der Waals surface area contributed by atoms with Gasteiger partial charge in [-0.05, 0) is 37.2 Å². The molecule has 2 N–H and O–H groups in total. The molecular weight excluding hydrogens is 606 g/mol. The molecule has 3 aromatic rings. The summed E-state index contributed by atoms with van der Waals surface area (Å²) in [7, 11) is 0. The van der Waals surface area contributed by atoms with Crippen LogP contribution in [0, 0.1) is 5.92 Å². The summed E-state index contributed by atoms with van der Waals surface area (Å²) in [6.45, 7) is -0.378. The van der Waals surface area contributed by atoms with E-state index in [-0.39, 0.29) is 62.3 Å². The van der Waals surface area contributed by atoms with E-state index < -0.39 is 66.5 Å². The molecule has 5 rings (SSSR count). The van der Waals surface area contributed by atoms with Crippen molar-refractivity contribution in [1.29, 1.82) is 0 Å². The summed E-state index contributed by atoms with van der Waals surface area (Å²) in [6, 6.07) is 8.10. The predicted octanol–water partition coefficient (Wildman–Crippen LogP) is 6.14. The van der Waals surface area contributed by atoms with Gasteiger partial charge in [0.15, 0.2) is 0 Å². The van der Waals surface area contributed by atoms with Crippen LogP contribution in [0.2, 0.25) is 0 Å². The summed E-state index contributed by atoms with van der Waals surface area (Å²) in [5.74, 6) is -10.4. The second kappa shape index (κ2) is 12.5. The van der Waals surface area contributed by atoms with Crippen molar-refractivity contribution in [2.45, 2.75) is 94.1 Å². The largest absolute Gasteiger partial charge is 0.445 e. The Kier molecular flexibility index (Phi) is 9.00. The first kappa shape index (κ1) is 32.5. The molecule has 2 saturated carbocycles. The number of carbonyl (C=O) groups excluding carboxylic acids is 2. The Morgan fingerprint density at radius 3 is 2.29 bits per heavy atom. The Bertz CT molecular complexity index is 1490. The van der Waals surface area contributed by atoms with E-state index in [2.05, 4.69) is 25.7 Å². The van der Waals surface area contributed by atoms with E-state index in [4.69, 9.17) is 4.74 Å². The number of imidazole rings is 1. The van der Waals surface area contributed by atoms with Crippen molar-refractivity contribution in [3.63, 3.8) is 0 Å². The number of nitrogens with zero attached hydrogens (tertiary/aromatic N) is 4. The van der Waals surface area contributed by atoms with Gasteiger partial charge in [0.2, 0.25) is 17.8 Å². The van der Waals surface area contributed by atoms with Gasteiger partial charge in [-0.1, -0.05) is 30.3 Å². The second-order valence-electron chi connectivity index (χ2n) is 12.1. The van der Waals surface area contributed by atoms with Gasteiger partial charge < -0.3 is 15.4 Å². The Balaban J connectivity index is 1.43. The minimum Gasteiger partial charge on any atom is -0.445 e. The number of carbonyl (C=O) groups is 2. The second-order valence-corrected chi connectivity index (χ2v) is 12.1. The molecule has 0 radical (unpaired) electrons. The third kappa shape index (κ3) is 7.85. The van der Waals surface area contributed by atoms with Gasteiger partial charge >= 0.3 is 6.09 Å². The van der Waals surface area contributed by atoms with Crippen molar-refractivity contribution in [2.75, 3.05) is 6.54 Å². The lowest BCUT2D eigenvalue weighted by Gasteiger charge is -2.38. The van der Waals surface area contributed by atoms with Crippen LogP contribution in [0.3, 0.4) is 0 Å². The Labute approximate surface area is 255 Å². The monoisotopic (exact) mass is 640 g/mol. The lowest BCUT2D eigenvalue weighted by Crippen LogP contribution is -2.51. The SMILES string of the molecule is CC(F)(F)CNC(=O)C1(c2cnn3cc([C@@H](NC(=O)OCc4ccccc4)C4CCC(F)(F)CC4)nc3n2)CCC(F)(F)CC1. The van der Waals surface area contributed by atoms with Crippen molar-refractivity contribution in [2.24, 2.45) is 5.92 Å². The van der Waals surface area contributed by atoms with Crippen LogP contribution in [-0.4, -0.2) is 55.9 Å². The standard InChI is InChI=1S/C30H34F6N6O3/c1-27(31,32)18-37-24(43)28(11-13-30(35,36)14-12-28)22-15-38-42-16-21(39-25(42)40-22)23(20-7-9-29(33,34)10-8-20)41-26(44)45-17-19-5-3-2-4-6-19/h2-6,15-16,20,23H,7-14,17-18H2,1H3,(H,37,43)(H,41,44)/t23-/m0/s1. The van der Waals surface area contributed by atoms with E-state index in [1.54, 1.807) is 24.3 Å². The number of hydrogen-bond donors (Lipinski definition) is 2. The van der Waals surface area contributed by atoms with Gasteiger partial charge in [-0.25, -0.2) is 45.6 Å². The van der Waals surface area contributed by atoms with Crippen LogP contribution in [0.4, 0.5) is 31.1 Å². The number of nitrogens with one attached hydrogen (secondary N) is 2. The van der Waals surface area contributed by atoms with Crippen molar-refractivity contribution >= 4 is 17.8 Å². The third-order valence-corrected chi connectivity index (χ3v) is 8.57. The van der Waals surface area contributed by atoms with Crippen LogP contribution in [0.25, 0.3) is 5.78 Å². The lowest BCUT2D eigenvalue weighted by molar-refractivity contribution is -0.134. The molecule has 1 aromatic carbocycles. The molecule has 45 heavy (non-hydrogen) atoms. The quantitative estimate of drug-likeness (QED) is 0.272. The summed E-state index contributed by atoms with van der Waals surface area (Å²) < 4.78 is 90.0. The van der Waals surface area contributed by atoms with Crippen LogP contribution in [0.5, 0.6) is 0 Å². The first-order valence-electron chi connectivity index (χ1n) is 14.8. The topological polar surface area (TPSA) is 111 Å². The molecule has 0 spiro atoms. The number of amides is 2. The van der Waals surface area contributed by atoms with Crippen molar-refractivity contribution < 1.29 is 40.7 Å². The molecule has 0 unspecified atom stereocenters. The third-order valence-electron chi connectivity index (χ3n) is 8.57. The average molecular weight is 641 g/mol. The minimum absolute atomic E-state index is 0.0105. The maximum absolute atomic E-state index is 14.1. The van der Waals surface area contributed by atoms with E-state index >= 15 is 0 Å². The van der Waals surface area contributed by atoms with Crippen LogP contribution >= 0.6 is 0 Å². The number of aromatic nitrogens is 4. The molecular formula is C30H34F6N6O3. The molecule has 2 fully saturated rings. The summed E-state index contributed by atoms with van der Waals surface area (Å²) >= 11 is 0. The summed E-state index contributed by atoms with van der Waals surface area (Å²) in [5.41, 5.74) is -0.667. The van der Waals surface area contributed by atoms with E-state index in [1.165, 1.54) is 16.9 Å². The van der Waals surface area contributed by atoms with Crippen LogP contribution in [-0.2, 0) is 21.6 Å². The predicted molar refractivity (Wildman–Crippen MR) is 149 cm³/mol. The number of alkyl carbamates (subject to hydrolysis) is 1. The molecule has 2 amide bonds. The zero-order chi connectivity index (χ0) is 32.5. The van der Waals surface area contributed by atoms with Crippen LogP contribution < -0.4 is 10.6 Å². The highest BCUT2D eigenvalue weighted by Crippen LogP contribution is 2.45. The Morgan fingerprint density at radius 2 is 1.64 bits per heavy atom. The number of ether oxygens (including phenoxy) is 1. The molecule has 0 aliphatic heterocycles. The summed E-state index contributed by atoms with van der Waals surface area (Å²) in [4.78, 5) is 35.0. The van der Waals surface area contributed by atoms with Gasteiger partial charge in [0.25, 0.3) is 11.7 Å². The number of alkyl halides is 6. The normalized spacial score (nSPS) is 20.3. The number of fused-ring (bicyclic) bond motifs is 1. The number of rotatable bonds is 9. The first-order valence-corrected chi connectivity index (χ1v) is 14.8. The smallest absolute Gasteiger partial charge is 0.408 e. The molecule has 1 atom stereocenters. The van der Waals surface area contributed by atoms with E-state index in [0.717, 1.165) is 5.56 Å². The van der Waals surface area contributed by atoms with Gasteiger partial charge in [0.05, 0.1) is 41.8 Å². The highest BCUT2D eigenvalue weighted by molar-refractivity contribution is 5.88. The highest BCUT2D eigenvalue weighted by Gasteiger charge is 2.50. The average Bonchev–Trinajstić information content (AvgIpc) is 3.41. The zero-order valence-corrected chi connectivity index (χ0v) is 24.5. The molecule has 244 valence electrons. The molecule has 2 aliphatic rings. The lowest BCUT2D eigenvalue weighted by atomic mass is 9.70. The maximum Gasteiger partial charge on any atom is 0.408 e. The molecule has 2 heterocycles. The molecule has 2 aliphatic carbocycles. The number of halogens is 6. The fourth-order valence-electron chi connectivity index (χ4n) is 5.94. The molecule has 15 heteroatoms. The Hall–Kier alpha value is -3.91. The van der Waals surface area contributed by atoms with Crippen molar-refractivity contribution in [3.8, 4) is 0 Å². The van der Waals surface area contributed by atoms with Gasteiger partial charge in [0.1, 0.15) is 6.61 Å². The fourth-order valence-corrected chi connectivity index (χ4v) is 5.94. The van der Waals surface area contributed by atoms with Gasteiger partial charge in [-0.2, -0.15) is 5.10 Å². The van der Waals surface area contributed by atoms with Gasteiger partial charge in [-0.15, -0.1) is 0 Å². The fraction of sp³-hybridized carbons (Fsp3) is 0.567. The zero-order valence-electron chi connectivity index (χ0n) is 24.5. The Morgan fingerprint density at radius 1 is 1.00 bits per heavy atom. The minimum atomic E-state index is -3.23. The van der Waals surface area contributed by atoms with E-state index in [0.29, 0.717) is 6.92 Å². The summed E-state index contributed by atoms with van der Waals surface area (Å²) in [6.07, 6.45) is -0.690. The number of benzene rings is 1. The van der Waals surface area contributed by atoms with Crippen molar-refractivity contribution in [3.05, 3.63) is 59.7 Å². The van der Waals surface area contributed by atoms with Gasteiger partial charge in [-0.3, -0.25) is 4.79 Å². The van der Waals surface area contributed by atoms with Crippen molar-refractivity contribution in [1.82, 2.24) is 30.2 Å². The first-order chi connectivity index (χ1) is 21.1. The highest BCUT2D eigenvalue weighted by atomic mass is 19.3.